The van der Waals surface area contributed by atoms with Gasteiger partial charge < -0.3 is 5.32 Å². The van der Waals surface area contributed by atoms with Crippen molar-refractivity contribution in [3.05, 3.63) is 54.1 Å². The van der Waals surface area contributed by atoms with E-state index in [1.807, 2.05) is 36.4 Å². The number of hydrogen-bond donors (Lipinski definition) is 1. The zero-order chi connectivity index (χ0) is 15.4. The number of fused-ring (bicyclic) bond motifs is 1. The van der Waals surface area contributed by atoms with Gasteiger partial charge in [0.1, 0.15) is 12.1 Å². The Kier molecular flexibility index (Phi) is 3.79. The zero-order valence-corrected chi connectivity index (χ0v) is 11.7. The van der Waals surface area contributed by atoms with E-state index in [9.17, 15) is 4.79 Å². The van der Waals surface area contributed by atoms with Crippen LogP contribution in [0.2, 0.25) is 0 Å². The number of hydrogen-bond acceptors (Lipinski definition) is 4. The molecular weight excluding hydrogens is 278 g/mol. The Bertz CT molecular complexity index is 845. The monoisotopic (exact) mass is 291 g/mol. The van der Waals surface area contributed by atoms with E-state index in [1.54, 1.807) is 16.8 Å². The highest BCUT2D eigenvalue weighted by atomic mass is 16.2. The van der Waals surface area contributed by atoms with Crippen LogP contribution in [0.15, 0.2) is 48.5 Å². The molecule has 0 aliphatic rings. The highest BCUT2D eigenvalue weighted by Gasteiger charge is 2.08. The average Bonchev–Trinajstić information content (AvgIpc) is 2.93. The number of rotatable bonds is 4. The van der Waals surface area contributed by atoms with Gasteiger partial charge in [-0.2, -0.15) is 5.26 Å². The molecule has 6 heteroatoms. The second-order valence-corrected chi connectivity index (χ2v) is 4.82. The second kappa shape index (κ2) is 6.06. The number of carbonyl (C=O) groups excluding carboxylic acids is 1. The Labute approximate surface area is 127 Å². The van der Waals surface area contributed by atoms with E-state index < -0.39 is 0 Å². The number of carbonyl (C=O) groups is 1. The summed E-state index contributed by atoms with van der Waals surface area (Å²) < 4.78 is 1.56. The van der Waals surface area contributed by atoms with Gasteiger partial charge in [0.05, 0.1) is 18.0 Å². The molecule has 0 aliphatic heterocycles. The van der Waals surface area contributed by atoms with Gasteiger partial charge >= 0.3 is 0 Å². The number of nitriles is 1. The fourth-order valence-electron chi connectivity index (χ4n) is 2.17. The van der Waals surface area contributed by atoms with Gasteiger partial charge in [0.2, 0.25) is 5.91 Å². The van der Waals surface area contributed by atoms with Crippen molar-refractivity contribution in [3.63, 3.8) is 0 Å². The molecule has 0 saturated heterocycles. The van der Waals surface area contributed by atoms with Crippen LogP contribution in [0.4, 0.5) is 5.69 Å². The normalized spacial score (nSPS) is 10.3. The van der Waals surface area contributed by atoms with Crippen molar-refractivity contribution in [2.24, 2.45) is 0 Å². The third-order valence-electron chi connectivity index (χ3n) is 3.23. The first-order valence-corrected chi connectivity index (χ1v) is 6.80. The molecule has 1 N–H and O–H groups in total. The van der Waals surface area contributed by atoms with Crippen molar-refractivity contribution in [1.29, 1.82) is 5.26 Å². The predicted octanol–water partition coefficient (Wildman–Crippen LogP) is 2.14. The quantitative estimate of drug-likeness (QED) is 0.798. The van der Waals surface area contributed by atoms with Crippen molar-refractivity contribution < 1.29 is 4.79 Å². The third kappa shape index (κ3) is 2.94. The predicted molar refractivity (Wildman–Crippen MR) is 81.9 cm³/mol. The molecule has 0 atom stereocenters. The van der Waals surface area contributed by atoms with Gasteiger partial charge in [0, 0.05) is 5.69 Å². The standard InChI is InChI=1S/C16H13N5O/c17-10-9-12-5-7-13(8-6-12)18-16(22)11-21-15-4-2-1-3-14(15)19-20-21/h1-8H,9,11H2,(H,18,22). The molecular formula is C16H13N5O. The summed E-state index contributed by atoms with van der Waals surface area (Å²) in [4.78, 5) is 12.1. The Morgan fingerprint density at radius 1 is 1.18 bits per heavy atom. The Morgan fingerprint density at radius 2 is 1.95 bits per heavy atom. The van der Waals surface area contributed by atoms with Crippen molar-refractivity contribution >= 4 is 22.6 Å². The molecule has 22 heavy (non-hydrogen) atoms. The molecule has 1 amide bonds. The Morgan fingerprint density at radius 3 is 2.73 bits per heavy atom. The summed E-state index contributed by atoms with van der Waals surface area (Å²) in [6.07, 6.45) is 0.360. The van der Waals surface area contributed by atoms with E-state index >= 15 is 0 Å². The van der Waals surface area contributed by atoms with Crippen LogP contribution < -0.4 is 5.32 Å². The van der Waals surface area contributed by atoms with Crippen LogP contribution in [0.3, 0.4) is 0 Å². The van der Waals surface area contributed by atoms with Crippen LogP contribution in [0.5, 0.6) is 0 Å². The molecule has 0 fully saturated rings. The van der Waals surface area contributed by atoms with E-state index in [2.05, 4.69) is 21.7 Å². The molecule has 6 nitrogen and oxygen atoms in total. The van der Waals surface area contributed by atoms with E-state index in [-0.39, 0.29) is 12.5 Å². The summed E-state index contributed by atoms with van der Waals surface area (Å²) in [6, 6.07) is 16.8. The van der Waals surface area contributed by atoms with Crippen LogP contribution in [0.25, 0.3) is 11.0 Å². The minimum atomic E-state index is -0.177. The summed E-state index contributed by atoms with van der Waals surface area (Å²) in [5.41, 5.74) is 3.19. The van der Waals surface area contributed by atoms with Crippen molar-refractivity contribution in [2.45, 2.75) is 13.0 Å². The van der Waals surface area contributed by atoms with Crippen molar-refractivity contribution in [3.8, 4) is 6.07 Å². The first kappa shape index (κ1) is 13.8. The van der Waals surface area contributed by atoms with E-state index in [4.69, 9.17) is 5.26 Å². The molecule has 0 bridgehead atoms. The van der Waals surface area contributed by atoms with Crippen LogP contribution >= 0.6 is 0 Å². The van der Waals surface area contributed by atoms with Gasteiger partial charge in [-0.1, -0.05) is 29.5 Å². The number of amides is 1. The largest absolute Gasteiger partial charge is 0.324 e. The smallest absolute Gasteiger partial charge is 0.246 e. The average molecular weight is 291 g/mol. The van der Waals surface area contributed by atoms with Crippen molar-refractivity contribution in [2.75, 3.05) is 5.32 Å². The van der Waals surface area contributed by atoms with Crippen LogP contribution in [0, 0.1) is 11.3 Å². The number of aromatic nitrogens is 3. The van der Waals surface area contributed by atoms with Gasteiger partial charge in [-0.15, -0.1) is 5.10 Å². The summed E-state index contributed by atoms with van der Waals surface area (Å²) >= 11 is 0. The lowest BCUT2D eigenvalue weighted by molar-refractivity contribution is -0.116. The lowest BCUT2D eigenvalue weighted by Crippen LogP contribution is -2.19. The molecule has 0 radical (unpaired) electrons. The first-order chi connectivity index (χ1) is 10.8. The molecule has 3 rings (SSSR count). The van der Waals surface area contributed by atoms with Crippen LogP contribution in [-0.2, 0) is 17.8 Å². The Hall–Kier alpha value is -3.20. The minimum Gasteiger partial charge on any atom is -0.324 e. The topological polar surface area (TPSA) is 83.6 Å². The van der Waals surface area contributed by atoms with Gasteiger partial charge in [0.25, 0.3) is 0 Å². The lowest BCUT2D eigenvalue weighted by Gasteiger charge is -2.06. The fraction of sp³-hybridized carbons (Fsp3) is 0.125. The summed E-state index contributed by atoms with van der Waals surface area (Å²) in [5, 5.41) is 19.4. The number of anilines is 1. The maximum absolute atomic E-state index is 12.1. The Balaban J connectivity index is 1.68. The number of benzene rings is 2. The summed E-state index contributed by atoms with van der Waals surface area (Å²) in [6.45, 7) is 0.0977. The summed E-state index contributed by atoms with van der Waals surface area (Å²) in [7, 11) is 0. The molecule has 0 aliphatic carbocycles. The SMILES string of the molecule is N#CCc1ccc(NC(=O)Cn2nnc3ccccc32)cc1. The second-order valence-electron chi connectivity index (χ2n) is 4.82. The number of para-hydroxylation sites is 1. The molecule has 0 unspecified atom stereocenters. The third-order valence-corrected chi connectivity index (χ3v) is 3.23. The molecule has 0 spiro atoms. The maximum Gasteiger partial charge on any atom is 0.246 e. The molecule has 1 heterocycles. The number of nitrogens with one attached hydrogen (secondary N) is 1. The van der Waals surface area contributed by atoms with Gasteiger partial charge in [-0.3, -0.25) is 4.79 Å². The molecule has 1 aromatic heterocycles. The number of nitrogens with zero attached hydrogens (tertiary/aromatic N) is 4. The van der Waals surface area contributed by atoms with E-state index in [1.165, 1.54) is 0 Å². The van der Waals surface area contributed by atoms with E-state index in [0.717, 1.165) is 16.6 Å². The molecule has 2 aromatic carbocycles. The first-order valence-electron chi connectivity index (χ1n) is 6.80. The lowest BCUT2D eigenvalue weighted by atomic mass is 10.1. The highest BCUT2D eigenvalue weighted by Crippen LogP contribution is 2.12. The van der Waals surface area contributed by atoms with Gasteiger partial charge in [0.15, 0.2) is 0 Å². The summed E-state index contributed by atoms with van der Waals surface area (Å²) in [5.74, 6) is -0.177. The zero-order valence-electron chi connectivity index (χ0n) is 11.7. The molecule has 3 aromatic rings. The fourth-order valence-corrected chi connectivity index (χ4v) is 2.17. The molecule has 108 valence electrons. The van der Waals surface area contributed by atoms with Crippen LogP contribution in [-0.4, -0.2) is 20.9 Å². The van der Waals surface area contributed by atoms with Gasteiger partial charge in [-0.05, 0) is 29.8 Å². The van der Waals surface area contributed by atoms with E-state index in [0.29, 0.717) is 12.1 Å². The van der Waals surface area contributed by atoms with Crippen LogP contribution in [0.1, 0.15) is 5.56 Å². The van der Waals surface area contributed by atoms with Crippen molar-refractivity contribution in [1.82, 2.24) is 15.0 Å². The van der Waals surface area contributed by atoms with Gasteiger partial charge in [-0.25, -0.2) is 4.68 Å². The maximum atomic E-state index is 12.1. The minimum absolute atomic E-state index is 0.0977. The highest BCUT2D eigenvalue weighted by molar-refractivity contribution is 5.91. The molecule has 0 saturated carbocycles.